The van der Waals surface area contributed by atoms with E-state index in [9.17, 15) is 5.11 Å². The lowest BCUT2D eigenvalue weighted by molar-refractivity contribution is 0.257. The summed E-state index contributed by atoms with van der Waals surface area (Å²) in [5.74, 6) is 0.329. The molecule has 1 aromatic carbocycles. The molecule has 0 saturated carbocycles. The zero-order chi connectivity index (χ0) is 10.4. The van der Waals surface area contributed by atoms with Gasteiger partial charge in [0.1, 0.15) is 0 Å². The predicted octanol–water partition coefficient (Wildman–Crippen LogP) is 3.26. The van der Waals surface area contributed by atoms with Gasteiger partial charge in [-0.15, -0.1) is 0 Å². The minimum absolute atomic E-state index is 0.267. The van der Waals surface area contributed by atoms with Crippen LogP contribution < -0.4 is 0 Å². The van der Waals surface area contributed by atoms with E-state index in [0.29, 0.717) is 5.92 Å². The second kappa shape index (κ2) is 5.82. The van der Waals surface area contributed by atoms with Crippen LogP contribution >= 0.6 is 0 Å². The molecule has 1 heteroatoms. The third-order valence-corrected chi connectivity index (χ3v) is 2.64. The lowest BCUT2D eigenvalue weighted by Crippen LogP contribution is -2.04. The van der Waals surface area contributed by atoms with Gasteiger partial charge in [0, 0.05) is 12.5 Å². The van der Waals surface area contributed by atoms with Crippen LogP contribution in [0.3, 0.4) is 0 Å². The fourth-order valence-corrected chi connectivity index (χ4v) is 1.74. The maximum Gasteiger partial charge on any atom is 0.0499 e. The van der Waals surface area contributed by atoms with Crippen molar-refractivity contribution in [2.75, 3.05) is 6.61 Å². The van der Waals surface area contributed by atoms with Crippen LogP contribution in [0.15, 0.2) is 24.3 Å². The van der Waals surface area contributed by atoms with Crippen molar-refractivity contribution in [3.05, 3.63) is 35.4 Å². The minimum Gasteiger partial charge on any atom is -0.396 e. The van der Waals surface area contributed by atoms with Gasteiger partial charge in [0.2, 0.25) is 0 Å². The molecular weight excluding hydrogens is 172 g/mol. The van der Waals surface area contributed by atoms with Crippen LogP contribution in [0.25, 0.3) is 0 Å². The lowest BCUT2D eigenvalue weighted by Gasteiger charge is -2.14. The molecule has 0 radical (unpaired) electrons. The average molecular weight is 192 g/mol. The first-order chi connectivity index (χ1) is 6.77. The molecule has 0 aromatic heterocycles. The monoisotopic (exact) mass is 192 g/mol. The highest BCUT2D eigenvalue weighted by molar-refractivity contribution is 5.25. The van der Waals surface area contributed by atoms with E-state index in [1.807, 2.05) is 0 Å². The second-order valence-electron chi connectivity index (χ2n) is 3.94. The smallest absolute Gasteiger partial charge is 0.0499 e. The number of aliphatic hydroxyl groups excluding tert-OH is 1. The van der Waals surface area contributed by atoms with E-state index in [4.69, 9.17) is 0 Å². The molecule has 14 heavy (non-hydrogen) atoms. The normalized spacial score (nSPS) is 12.8. The summed E-state index contributed by atoms with van der Waals surface area (Å²) in [6, 6.07) is 8.46. The summed E-state index contributed by atoms with van der Waals surface area (Å²) in [5, 5.41) is 9.30. The summed E-state index contributed by atoms with van der Waals surface area (Å²) in [4.78, 5) is 0. The van der Waals surface area contributed by atoms with Crippen molar-refractivity contribution in [1.82, 2.24) is 0 Å². The van der Waals surface area contributed by atoms with Crippen molar-refractivity contribution >= 4 is 0 Å². The van der Waals surface area contributed by atoms with E-state index in [1.165, 1.54) is 24.0 Å². The Kier molecular flexibility index (Phi) is 4.68. The number of rotatable bonds is 5. The summed E-state index contributed by atoms with van der Waals surface area (Å²) in [5.41, 5.74) is 2.55. The number of benzene rings is 1. The largest absolute Gasteiger partial charge is 0.396 e. The first-order valence-corrected chi connectivity index (χ1v) is 5.45. The van der Waals surface area contributed by atoms with E-state index >= 15 is 0 Å². The van der Waals surface area contributed by atoms with Gasteiger partial charge in [-0.25, -0.2) is 0 Å². The number of unbranched alkanes of at least 4 members (excludes halogenated alkanes) is 1. The number of aliphatic hydroxyl groups is 1. The van der Waals surface area contributed by atoms with Crippen molar-refractivity contribution in [3.63, 3.8) is 0 Å². The Balaban J connectivity index is 2.68. The lowest BCUT2D eigenvalue weighted by atomic mass is 9.93. The van der Waals surface area contributed by atoms with E-state index in [0.717, 1.165) is 6.42 Å². The molecule has 1 N–H and O–H groups in total. The Labute approximate surface area is 86.8 Å². The van der Waals surface area contributed by atoms with Crippen molar-refractivity contribution in [2.24, 2.45) is 0 Å². The first kappa shape index (κ1) is 11.3. The average Bonchev–Trinajstić information content (AvgIpc) is 2.19. The van der Waals surface area contributed by atoms with Crippen molar-refractivity contribution in [2.45, 2.75) is 39.0 Å². The summed E-state index contributed by atoms with van der Waals surface area (Å²) < 4.78 is 0. The summed E-state index contributed by atoms with van der Waals surface area (Å²) >= 11 is 0. The van der Waals surface area contributed by atoms with Gasteiger partial charge >= 0.3 is 0 Å². The van der Waals surface area contributed by atoms with Gasteiger partial charge < -0.3 is 5.11 Å². The molecule has 0 spiro atoms. The Hall–Kier alpha value is -0.820. The van der Waals surface area contributed by atoms with Crippen LogP contribution in [-0.2, 0) is 0 Å². The third kappa shape index (κ3) is 3.15. The van der Waals surface area contributed by atoms with Gasteiger partial charge in [0.15, 0.2) is 0 Å². The SMILES string of the molecule is CCCCC(CO)c1cccc(C)c1. The van der Waals surface area contributed by atoms with Crippen LogP contribution in [0.2, 0.25) is 0 Å². The molecule has 1 rings (SSSR count). The van der Waals surface area contributed by atoms with Gasteiger partial charge in [0.25, 0.3) is 0 Å². The molecule has 1 aromatic rings. The van der Waals surface area contributed by atoms with Gasteiger partial charge in [0.05, 0.1) is 0 Å². The Morgan fingerprint density at radius 3 is 2.71 bits per heavy atom. The summed E-state index contributed by atoms with van der Waals surface area (Å²) in [7, 11) is 0. The van der Waals surface area contributed by atoms with Crippen molar-refractivity contribution < 1.29 is 5.11 Å². The van der Waals surface area contributed by atoms with E-state index in [2.05, 4.69) is 38.1 Å². The van der Waals surface area contributed by atoms with Crippen LogP contribution in [-0.4, -0.2) is 11.7 Å². The standard InChI is InChI=1S/C13H20O/c1-3-4-7-13(10-14)12-8-5-6-11(2)9-12/h5-6,8-9,13-14H,3-4,7,10H2,1-2H3. The highest BCUT2D eigenvalue weighted by Crippen LogP contribution is 2.22. The molecule has 0 aliphatic heterocycles. The minimum atomic E-state index is 0.267. The van der Waals surface area contributed by atoms with E-state index in [1.54, 1.807) is 0 Å². The number of hydrogen-bond acceptors (Lipinski definition) is 1. The maximum absolute atomic E-state index is 9.30. The highest BCUT2D eigenvalue weighted by atomic mass is 16.3. The fourth-order valence-electron chi connectivity index (χ4n) is 1.74. The van der Waals surface area contributed by atoms with Crippen LogP contribution in [0.4, 0.5) is 0 Å². The van der Waals surface area contributed by atoms with Gasteiger partial charge in [-0.3, -0.25) is 0 Å². The third-order valence-electron chi connectivity index (χ3n) is 2.64. The Morgan fingerprint density at radius 1 is 1.36 bits per heavy atom. The first-order valence-electron chi connectivity index (χ1n) is 5.45. The molecule has 0 saturated heterocycles. The number of aryl methyl sites for hydroxylation is 1. The molecule has 0 aliphatic rings. The van der Waals surface area contributed by atoms with Gasteiger partial charge in [-0.05, 0) is 18.9 Å². The molecule has 0 fully saturated rings. The molecule has 1 unspecified atom stereocenters. The Bertz CT molecular complexity index is 268. The molecule has 1 nitrogen and oxygen atoms in total. The van der Waals surface area contributed by atoms with E-state index < -0.39 is 0 Å². The zero-order valence-corrected chi connectivity index (χ0v) is 9.16. The summed E-state index contributed by atoms with van der Waals surface area (Å²) in [6.07, 6.45) is 3.48. The van der Waals surface area contributed by atoms with Crippen LogP contribution in [0, 0.1) is 6.92 Å². The van der Waals surface area contributed by atoms with Crippen LogP contribution in [0.1, 0.15) is 43.2 Å². The van der Waals surface area contributed by atoms with Crippen molar-refractivity contribution in [1.29, 1.82) is 0 Å². The fraction of sp³-hybridized carbons (Fsp3) is 0.538. The molecule has 0 amide bonds. The molecule has 78 valence electrons. The molecule has 0 aliphatic carbocycles. The summed E-state index contributed by atoms with van der Waals surface area (Å²) in [6.45, 7) is 4.55. The van der Waals surface area contributed by atoms with Crippen LogP contribution in [0.5, 0.6) is 0 Å². The molecule has 0 bridgehead atoms. The maximum atomic E-state index is 9.30. The Morgan fingerprint density at radius 2 is 2.14 bits per heavy atom. The van der Waals surface area contributed by atoms with E-state index in [-0.39, 0.29) is 6.61 Å². The molecule has 1 atom stereocenters. The molecule has 0 heterocycles. The van der Waals surface area contributed by atoms with Gasteiger partial charge in [-0.1, -0.05) is 49.6 Å². The van der Waals surface area contributed by atoms with Crippen molar-refractivity contribution in [3.8, 4) is 0 Å². The topological polar surface area (TPSA) is 20.2 Å². The second-order valence-corrected chi connectivity index (χ2v) is 3.94. The quantitative estimate of drug-likeness (QED) is 0.759. The van der Waals surface area contributed by atoms with Gasteiger partial charge in [-0.2, -0.15) is 0 Å². The predicted molar refractivity (Wildman–Crippen MR) is 60.5 cm³/mol. The number of hydrogen-bond donors (Lipinski definition) is 1. The zero-order valence-electron chi connectivity index (χ0n) is 9.16. The molecular formula is C13H20O. The highest BCUT2D eigenvalue weighted by Gasteiger charge is 2.09.